The van der Waals surface area contributed by atoms with Crippen LogP contribution in [0.1, 0.15) is 28.3 Å². The van der Waals surface area contributed by atoms with Gasteiger partial charge in [0.25, 0.3) is 5.69 Å². The summed E-state index contributed by atoms with van der Waals surface area (Å²) >= 11 is 0. The monoisotopic (exact) mass is 461 g/mol. The highest BCUT2D eigenvalue weighted by atomic mass is 16.6. The van der Waals surface area contributed by atoms with Crippen molar-refractivity contribution in [1.29, 1.82) is 0 Å². The number of nitrogens with one attached hydrogen (secondary N) is 1. The van der Waals surface area contributed by atoms with Gasteiger partial charge in [-0.3, -0.25) is 19.8 Å². The number of amides is 1. The second-order valence-corrected chi connectivity index (χ2v) is 8.19. The number of methoxy groups -OCH3 is 2. The van der Waals surface area contributed by atoms with E-state index < -0.39 is 4.92 Å². The summed E-state index contributed by atoms with van der Waals surface area (Å²) in [5, 5.41) is 14.1. The topological polar surface area (TPSA) is 93.9 Å². The van der Waals surface area contributed by atoms with Crippen LogP contribution in [-0.4, -0.2) is 43.0 Å². The lowest BCUT2D eigenvalue weighted by molar-refractivity contribution is -0.385. The summed E-state index contributed by atoms with van der Waals surface area (Å²) in [5.74, 6) is 1.09. The average Bonchev–Trinajstić information content (AvgIpc) is 2.84. The van der Waals surface area contributed by atoms with Crippen LogP contribution in [0.2, 0.25) is 0 Å². The summed E-state index contributed by atoms with van der Waals surface area (Å²) in [5.41, 5.74) is 4.13. The zero-order valence-corrected chi connectivity index (χ0v) is 19.4. The third kappa shape index (κ3) is 4.58. The van der Waals surface area contributed by atoms with Gasteiger partial charge in [-0.1, -0.05) is 36.4 Å². The molecule has 0 bridgehead atoms. The molecule has 176 valence electrons. The quantitative estimate of drug-likeness (QED) is 0.411. The van der Waals surface area contributed by atoms with Gasteiger partial charge >= 0.3 is 0 Å². The van der Waals surface area contributed by atoms with Crippen LogP contribution in [0.3, 0.4) is 0 Å². The van der Waals surface area contributed by atoms with Crippen molar-refractivity contribution >= 4 is 17.3 Å². The molecule has 0 aliphatic carbocycles. The summed E-state index contributed by atoms with van der Waals surface area (Å²) in [7, 11) is 3.23. The highest BCUT2D eigenvalue weighted by Crippen LogP contribution is 2.41. The van der Waals surface area contributed by atoms with Crippen LogP contribution in [0, 0.1) is 17.0 Å². The second kappa shape index (κ2) is 9.93. The number of hydrogen-bond acceptors (Lipinski definition) is 6. The average molecular weight is 462 g/mol. The van der Waals surface area contributed by atoms with Gasteiger partial charge in [-0.15, -0.1) is 0 Å². The summed E-state index contributed by atoms with van der Waals surface area (Å²) in [6, 6.07) is 18.5. The maximum atomic E-state index is 13.1. The first-order chi connectivity index (χ1) is 16.4. The molecule has 1 amide bonds. The van der Waals surface area contributed by atoms with Gasteiger partial charge in [0.1, 0.15) is 0 Å². The summed E-state index contributed by atoms with van der Waals surface area (Å²) in [6.45, 7) is 2.44. The van der Waals surface area contributed by atoms with Crippen molar-refractivity contribution in [2.75, 3.05) is 32.6 Å². The zero-order chi connectivity index (χ0) is 24.2. The SMILES string of the molecule is COc1cc2c(cc1OC)[C@H](c1ccccc1)N(CC(=O)Nc1cccc([N+](=O)[O-])c1C)CC2. The van der Waals surface area contributed by atoms with Gasteiger partial charge < -0.3 is 14.8 Å². The molecular formula is C26H27N3O5. The van der Waals surface area contributed by atoms with Crippen LogP contribution in [0.5, 0.6) is 11.5 Å². The number of ether oxygens (including phenoxy) is 2. The first-order valence-electron chi connectivity index (χ1n) is 11.0. The van der Waals surface area contributed by atoms with E-state index in [0.717, 1.165) is 23.1 Å². The molecule has 0 aromatic heterocycles. The highest BCUT2D eigenvalue weighted by molar-refractivity contribution is 5.93. The molecular weight excluding hydrogens is 434 g/mol. The Kier molecular flexibility index (Phi) is 6.79. The number of hydrogen-bond donors (Lipinski definition) is 1. The number of fused-ring (bicyclic) bond motifs is 1. The Labute approximate surface area is 198 Å². The molecule has 0 saturated carbocycles. The molecule has 1 aliphatic rings. The fourth-order valence-electron chi connectivity index (χ4n) is 4.52. The molecule has 0 spiro atoms. The van der Waals surface area contributed by atoms with Crippen molar-refractivity contribution < 1.29 is 19.2 Å². The van der Waals surface area contributed by atoms with Crippen LogP contribution in [0.15, 0.2) is 60.7 Å². The third-order valence-electron chi connectivity index (χ3n) is 6.21. The number of nitro groups is 1. The normalized spacial score (nSPS) is 15.3. The molecule has 8 heteroatoms. The molecule has 0 fully saturated rings. The number of anilines is 1. The van der Waals surface area contributed by atoms with Crippen molar-refractivity contribution in [1.82, 2.24) is 4.90 Å². The molecule has 8 nitrogen and oxygen atoms in total. The smallest absolute Gasteiger partial charge is 0.274 e. The van der Waals surface area contributed by atoms with Crippen molar-refractivity contribution in [2.24, 2.45) is 0 Å². The number of carbonyl (C=O) groups excluding carboxylic acids is 1. The number of nitrogens with zero attached hydrogens (tertiary/aromatic N) is 2. The number of benzene rings is 3. The fraction of sp³-hybridized carbons (Fsp3) is 0.269. The van der Waals surface area contributed by atoms with E-state index in [1.165, 1.54) is 6.07 Å². The predicted molar refractivity (Wildman–Crippen MR) is 130 cm³/mol. The van der Waals surface area contributed by atoms with E-state index >= 15 is 0 Å². The molecule has 1 aliphatic heterocycles. The highest BCUT2D eigenvalue weighted by Gasteiger charge is 2.31. The molecule has 0 radical (unpaired) electrons. The van der Waals surface area contributed by atoms with Crippen LogP contribution in [0.4, 0.5) is 11.4 Å². The third-order valence-corrected chi connectivity index (χ3v) is 6.21. The lowest BCUT2D eigenvalue weighted by Crippen LogP contribution is -2.41. The lowest BCUT2D eigenvalue weighted by Gasteiger charge is -2.37. The summed E-state index contributed by atoms with van der Waals surface area (Å²) < 4.78 is 11.0. The first-order valence-corrected chi connectivity index (χ1v) is 11.0. The number of rotatable bonds is 7. The first kappa shape index (κ1) is 23.3. The van der Waals surface area contributed by atoms with Gasteiger partial charge in [-0.05, 0) is 48.2 Å². The van der Waals surface area contributed by atoms with Gasteiger partial charge in [-0.2, -0.15) is 0 Å². The van der Waals surface area contributed by atoms with E-state index in [2.05, 4.69) is 10.2 Å². The van der Waals surface area contributed by atoms with E-state index in [1.54, 1.807) is 33.3 Å². The molecule has 3 aromatic rings. The van der Waals surface area contributed by atoms with Gasteiger partial charge in [0.15, 0.2) is 11.5 Å². The standard InChI is InChI=1S/C26H27N3O5/c1-17-21(10-7-11-22(17)29(31)32)27-25(30)16-28-13-12-19-14-23(33-2)24(34-3)15-20(19)26(28)18-8-5-4-6-9-18/h4-11,14-15,26H,12-13,16H2,1-3H3,(H,27,30)/t26-/m0/s1. The molecule has 0 unspecified atom stereocenters. The maximum absolute atomic E-state index is 13.1. The molecule has 1 atom stereocenters. The minimum Gasteiger partial charge on any atom is -0.493 e. The molecule has 4 rings (SSSR count). The lowest BCUT2D eigenvalue weighted by atomic mass is 9.87. The largest absolute Gasteiger partial charge is 0.493 e. The summed E-state index contributed by atoms with van der Waals surface area (Å²) in [6.07, 6.45) is 0.752. The number of nitro benzene ring substituents is 1. The molecule has 3 aromatic carbocycles. The Morgan fingerprint density at radius 2 is 1.79 bits per heavy atom. The van der Waals surface area contributed by atoms with Crippen LogP contribution in [0.25, 0.3) is 0 Å². The van der Waals surface area contributed by atoms with Crippen LogP contribution in [-0.2, 0) is 11.2 Å². The Hall–Kier alpha value is -3.91. The van der Waals surface area contributed by atoms with Crippen LogP contribution >= 0.6 is 0 Å². The van der Waals surface area contributed by atoms with E-state index in [1.807, 2.05) is 42.5 Å². The zero-order valence-electron chi connectivity index (χ0n) is 19.4. The Morgan fingerprint density at radius 1 is 1.09 bits per heavy atom. The van der Waals surface area contributed by atoms with Gasteiger partial charge in [0.2, 0.25) is 5.91 Å². The van der Waals surface area contributed by atoms with E-state index in [9.17, 15) is 14.9 Å². The minimum absolute atomic E-state index is 0.0205. The van der Waals surface area contributed by atoms with Crippen molar-refractivity contribution in [2.45, 2.75) is 19.4 Å². The van der Waals surface area contributed by atoms with Crippen LogP contribution < -0.4 is 14.8 Å². The Balaban J connectivity index is 1.65. The molecule has 1 heterocycles. The predicted octanol–water partition coefficient (Wildman–Crippen LogP) is 4.51. The minimum atomic E-state index is -0.445. The van der Waals surface area contributed by atoms with Gasteiger partial charge in [0, 0.05) is 12.6 Å². The summed E-state index contributed by atoms with van der Waals surface area (Å²) in [4.78, 5) is 26.0. The fourth-order valence-corrected chi connectivity index (χ4v) is 4.52. The number of carbonyl (C=O) groups is 1. The molecule has 34 heavy (non-hydrogen) atoms. The van der Waals surface area contributed by atoms with Crippen molar-refractivity contribution in [3.8, 4) is 11.5 Å². The Morgan fingerprint density at radius 3 is 2.47 bits per heavy atom. The van der Waals surface area contributed by atoms with Crippen molar-refractivity contribution in [3.05, 3.63) is 93.0 Å². The van der Waals surface area contributed by atoms with E-state index in [0.29, 0.717) is 29.3 Å². The molecule has 1 N–H and O–H groups in total. The van der Waals surface area contributed by atoms with Gasteiger partial charge in [0.05, 0.1) is 43.0 Å². The van der Waals surface area contributed by atoms with E-state index in [4.69, 9.17) is 9.47 Å². The van der Waals surface area contributed by atoms with Crippen molar-refractivity contribution in [3.63, 3.8) is 0 Å². The second-order valence-electron chi connectivity index (χ2n) is 8.19. The molecule has 0 saturated heterocycles. The Bertz CT molecular complexity index is 1210. The van der Waals surface area contributed by atoms with Gasteiger partial charge in [-0.25, -0.2) is 0 Å². The van der Waals surface area contributed by atoms with E-state index in [-0.39, 0.29) is 24.2 Å². The maximum Gasteiger partial charge on any atom is 0.274 e.